The summed E-state index contributed by atoms with van der Waals surface area (Å²) in [5.74, 6) is -4.57. The maximum atomic E-state index is 12.5. The van der Waals surface area contributed by atoms with Crippen molar-refractivity contribution < 1.29 is 37.5 Å². The van der Waals surface area contributed by atoms with E-state index in [4.69, 9.17) is 5.11 Å². The van der Waals surface area contributed by atoms with Gasteiger partial charge in [0, 0.05) is 12.1 Å². The SMILES string of the molecule is O=C(O)C(=O)Oc1ccc([N+](=O)[O-])c(C(F)(F)F)c1. The second-order valence-corrected chi connectivity index (χ2v) is 3.13. The normalized spacial score (nSPS) is 10.9. The van der Waals surface area contributed by atoms with Gasteiger partial charge >= 0.3 is 18.1 Å². The van der Waals surface area contributed by atoms with Gasteiger partial charge in [-0.25, -0.2) is 9.59 Å². The molecule has 0 aliphatic rings. The van der Waals surface area contributed by atoms with Crippen LogP contribution in [0, 0.1) is 10.1 Å². The molecule has 0 aliphatic heterocycles. The fourth-order valence-electron chi connectivity index (χ4n) is 1.12. The Morgan fingerprint density at radius 3 is 2.32 bits per heavy atom. The van der Waals surface area contributed by atoms with Gasteiger partial charge < -0.3 is 9.84 Å². The quantitative estimate of drug-likeness (QED) is 0.290. The molecule has 0 bridgehead atoms. The van der Waals surface area contributed by atoms with Crippen LogP contribution in [0.2, 0.25) is 0 Å². The molecule has 0 unspecified atom stereocenters. The molecule has 1 aromatic carbocycles. The standard InChI is InChI=1S/C9H4F3NO6/c10-9(11,12)5-3-4(19-8(16)7(14)15)1-2-6(5)13(17)18/h1-3H,(H,14,15). The molecular weight excluding hydrogens is 275 g/mol. The molecule has 7 nitrogen and oxygen atoms in total. The van der Waals surface area contributed by atoms with Gasteiger partial charge in [0.2, 0.25) is 0 Å². The van der Waals surface area contributed by atoms with Crippen molar-refractivity contribution in [3.05, 3.63) is 33.9 Å². The van der Waals surface area contributed by atoms with Crippen LogP contribution in [-0.2, 0) is 15.8 Å². The highest BCUT2D eigenvalue weighted by atomic mass is 19.4. The Morgan fingerprint density at radius 1 is 1.32 bits per heavy atom. The minimum atomic E-state index is -5.05. The molecule has 0 radical (unpaired) electrons. The van der Waals surface area contributed by atoms with Crippen LogP contribution in [0.25, 0.3) is 0 Å². The van der Waals surface area contributed by atoms with Gasteiger partial charge in [-0.15, -0.1) is 0 Å². The molecule has 0 saturated carbocycles. The predicted octanol–water partition coefficient (Wildman–Crippen LogP) is 1.60. The maximum Gasteiger partial charge on any atom is 0.423 e. The molecule has 0 heterocycles. The summed E-state index contributed by atoms with van der Waals surface area (Å²) in [6, 6.07) is 1.33. The van der Waals surface area contributed by atoms with Crippen molar-refractivity contribution in [1.29, 1.82) is 0 Å². The minimum absolute atomic E-state index is 0.180. The van der Waals surface area contributed by atoms with E-state index in [0.717, 1.165) is 0 Å². The van der Waals surface area contributed by atoms with Gasteiger partial charge in [0.1, 0.15) is 11.3 Å². The molecule has 0 amide bonds. The molecule has 0 aliphatic carbocycles. The van der Waals surface area contributed by atoms with Gasteiger partial charge in [-0.2, -0.15) is 13.2 Å². The number of rotatable bonds is 2. The van der Waals surface area contributed by atoms with Crippen LogP contribution in [-0.4, -0.2) is 22.0 Å². The van der Waals surface area contributed by atoms with Gasteiger partial charge in [0.15, 0.2) is 0 Å². The van der Waals surface area contributed by atoms with Gasteiger partial charge in [0.05, 0.1) is 4.92 Å². The topological polar surface area (TPSA) is 107 Å². The summed E-state index contributed by atoms with van der Waals surface area (Å²) in [6.45, 7) is 0. The smallest absolute Gasteiger partial charge is 0.423 e. The largest absolute Gasteiger partial charge is 0.473 e. The number of carboxylic acid groups (broad SMARTS) is 1. The van der Waals surface area contributed by atoms with Gasteiger partial charge in [-0.3, -0.25) is 10.1 Å². The highest BCUT2D eigenvalue weighted by Gasteiger charge is 2.38. The minimum Gasteiger partial charge on any atom is -0.473 e. The zero-order chi connectivity index (χ0) is 14.8. The van der Waals surface area contributed by atoms with Gasteiger partial charge in [0.25, 0.3) is 5.69 Å². The van der Waals surface area contributed by atoms with Crippen LogP contribution < -0.4 is 4.74 Å². The number of alkyl halides is 3. The summed E-state index contributed by atoms with van der Waals surface area (Å²) in [7, 11) is 0. The van der Waals surface area contributed by atoms with E-state index in [-0.39, 0.29) is 6.07 Å². The molecule has 0 atom stereocenters. The third-order valence-electron chi connectivity index (χ3n) is 1.86. The van der Waals surface area contributed by atoms with E-state index in [1.54, 1.807) is 0 Å². The molecule has 0 aromatic heterocycles. The van der Waals surface area contributed by atoms with Crippen molar-refractivity contribution in [1.82, 2.24) is 0 Å². The van der Waals surface area contributed by atoms with Crippen molar-refractivity contribution in [3.63, 3.8) is 0 Å². The van der Waals surface area contributed by atoms with Crippen LogP contribution in [0.4, 0.5) is 18.9 Å². The lowest BCUT2D eigenvalue weighted by Gasteiger charge is -2.09. The number of nitro benzene ring substituents is 1. The van der Waals surface area contributed by atoms with Crippen LogP contribution >= 0.6 is 0 Å². The van der Waals surface area contributed by atoms with Gasteiger partial charge in [-0.05, 0) is 6.07 Å². The zero-order valence-corrected chi connectivity index (χ0v) is 8.80. The summed E-state index contributed by atoms with van der Waals surface area (Å²) >= 11 is 0. The Bertz CT molecular complexity index is 553. The molecule has 1 aromatic rings. The van der Waals surface area contributed by atoms with E-state index in [2.05, 4.69) is 4.74 Å². The number of hydrogen-bond donors (Lipinski definition) is 1. The number of carbonyl (C=O) groups excluding carboxylic acids is 1. The second kappa shape index (κ2) is 4.92. The number of aliphatic carboxylic acids is 1. The lowest BCUT2D eigenvalue weighted by atomic mass is 10.1. The fraction of sp³-hybridized carbons (Fsp3) is 0.111. The zero-order valence-electron chi connectivity index (χ0n) is 8.80. The first-order valence-electron chi connectivity index (χ1n) is 4.43. The Labute approximate surface area is 102 Å². The Kier molecular flexibility index (Phi) is 3.73. The average molecular weight is 279 g/mol. The Balaban J connectivity index is 3.23. The van der Waals surface area contributed by atoms with Crippen LogP contribution in [0.5, 0.6) is 5.75 Å². The number of nitro groups is 1. The van der Waals surface area contributed by atoms with E-state index >= 15 is 0 Å². The number of benzene rings is 1. The molecule has 1 rings (SSSR count). The van der Waals surface area contributed by atoms with E-state index in [9.17, 15) is 32.9 Å². The molecule has 0 spiro atoms. The number of carbonyl (C=O) groups is 2. The first-order chi connectivity index (χ1) is 8.62. The Hall–Kier alpha value is -2.65. The van der Waals surface area contributed by atoms with E-state index in [1.165, 1.54) is 0 Å². The second-order valence-electron chi connectivity index (χ2n) is 3.13. The highest BCUT2D eigenvalue weighted by molar-refractivity contribution is 6.29. The first-order valence-corrected chi connectivity index (χ1v) is 4.43. The number of nitrogens with zero attached hydrogens (tertiary/aromatic N) is 1. The van der Waals surface area contributed by atoms with Crippen molar-refractivity contribution >= 4 is 17.6 Å². The summed E-state index contributed by atoms with van der Waals surface area (Å²) in [6.07, 6.45) is -5.05. The lowest BCUT2D eigenvalue weighted by Crippen LogP contribution is -2.19. The van der Waals surface area contributed by atoms with Crippen molar-refractivity contribution in [2.75, 3.05) is 0 Å². The van der Waals surface area contributed by atoms with Crippen molar-refractivity contribution in [3.8, 4) is 5.75 Å². The van der Waals surface area contributed by atoms with E-state index in [0.29, 0.717) is 12.1 Å². The van der Waals surface area contributed by atoms with E-state index in [1.807, 2.05) is 0 Å². The van der Waals surface area contributed by atoms with Crippen LogP contribution in [0.3, 0.4) is 0 Å². The number of halogens is 3. The highest BCUT2D eigenvalue weighted by Crippen LogP contribution is 2.38. The van der Waals surface area contributed by atoms with Crippen LogP contribution in [0.1, 0.15) is 5.56 Å². The molecule has 0 fully saturated rings. The first kappa shape index (κ1) is 14.4. The molecule has 19 heavy (non-hydrogen) atoms. The summed E-state index contributed by atoms with van der Waals surface area (Å²) in [4.78, 5) is 30.0. The molecule has 1 N–H and O–H groups in total. The number of ether oxygens (including phenoxy) is 1. The summed E-state index contributed by atoms with van der Waals surface area (Å²) in [5.41, 5.74) is -2.88. The number of carboxylic acids is 1. The summed E-state index contributed by atoms with van der Waals surface area (Å²) in [5, 5.41) is 18.6. The van der Waals surface area contributed by atoms with E-state index < -0.39 is 40.0 Å². The Morgan fingerprint density at radius 2 is 1.89 bits per heavy atom. The third kappa shape index (κ3) is 3.40. The van der Waals surface area contributed by atoms with Gasteiger partial charge in [-0.1, -0.05) is 0 Å². The number of hydrogen-bond acceptors (Lipinski definition) is 5. The van der Waals surface area contributed by atoms with Crippen molar-refractivity contribution in [2.24, 2.45) is 0 Å². The predicted molar refractivity (Wildman–Crippen MR) is 51.4 cm³/mol. The number of esters is 1. The molecule has 10 heteroatoms. The monoisotopic (exact) mass is 279 g/mol. The summed E-state index contributed by atoms with van der Waals surface area (Å²) < 4.78 is 41.7. The molecular formula is C9H4F3NO6. The maximum absolute atomic E-state index is 12.5. The third-order valence-corrected chi connectivity index (χ3v) is 1.86. The fourth-order valence-corrected chi connectivity index (χ4v) is 1.12. The lowest BCUT2D eigenvalue weighted by molar-refractivity contribution is -0.388. The average Bonchev–Trinajstić information content (AvgIpc) is 2.27. The molecule has 0 saturated heterocycles. The van der Waals surface area contributed by atoms with Crippen LogP contribution in [0.15, 0.2) is 18.2 Å². The van der Waals surface area contributed by atoms with Crippen molar-refractivity contribution in [2.45, 2.75) is 6.18 Å². The molecule has 102 valence electrons.